The number of halogens is 1. The Hall–Kier alpha value is -5.31. The molecule has 0 saturated carbocycles. The molecule has 0 aliphatic rings. The molecule has 0 radical (unpaired) electrons. The number of hydrogen-bond donors (Lipinski definition) is 2. The normalized spacial score (nSPS) is 11.9. The second-order valence-corrected chi connectivity index (χ2v) is 9.51. The Labute approximate surface area is 228 Å². The second kappa shape index (κ2) is 10.5. The number of hydrogen-bond acceptors (Lipinski definition) is 4. The van der Waals surface area contributed by atoms with E-state index in [2.05, 4.69) is 20.8 Å². The Morgan fingerprint density at radius 1 is 0.900 bits per heavy atom. The zero-order valence-corrected chi connectivity index (χ0v) is 21.6. The number of urea groups is 1. The first-order valence-electron chi connectivity index (χ1n) is 12.8. The first-order valence-corrected chi connectivity index (χ1v) is 12.8. The minimum absolute atomic E-state index is 0.169. The molecular formula is C31H25FN6O2. The number of carbonyl (C=O) groups excluding carboxylic acids is 1. The predicted octanol–water partition coefficient (Wildman–Crippen LogP) is 5.78. The van der Waals surface area contributed by atoms with Gasteiger partial charge in [0.1, 0.15) is 5.82 Å². The summed E-state index contributed by atoms with van der Waals surface area (Å²) in [6.45, 7) is 2.12. The van der Waals surface area contributed by atoms with Gasteiger partial charge in [-0.05, 0) is 66.6 Å². The molecule has 0 aliphatic carbocycles. The van der Waals surface area contributed by atoms with Crippen LogP contribution in [0.4, 0.5) is 14.9 Å². The van der Waals surface area contributed by atoms with Crippen molar-refractivity contribution in [2.24, 2.45) is 0 Å². The fourth-order valence-corrected chi connectivity index (χ4v) is 4.81. The molecule has 0 spiro atoms. The summed E-state index contributed by atoms with van der Waals surface area (Å²) in [7, 11) is 0. The number of carbonyl (C=O) groups is 1. The zero-order chi connectivity index (χ0) is 27.6. The lowest BCUT2D eigenvalue weighted by atomic mass is 10.1. The number of para-hydroxylation sites is 1. The van der Waals surface area contributed by atoms with Gasteiger partial charge in [-0.1, -0.05) is 54.6 Å². The van der Waals surface area contributed by atoms with E-state index >= 15 is 0 Å². The van der Waals surface area contributed by atoms with Gasteiger partial charge in [0.25, 0.3) is 5.56 Å². The molecule has 8 nitrogen and oxygen atoms in total. The Morgan fingerprint density at radius 2 is 1.65 bits per heavy atom. The van der Waals surface area contributed by atoms with E-state index in [0.717, 1.165) is 11.1 Å². The van der Waals surface area contributed by atoms with Gasteiger partial charge in [0.15, 0.2) is 5.82 Å². The van der Waals surface area contributed by atoms with Gasteiger partial charge in [-0.3, -0.25) is 13.8 Å². The van der Waals surface area contributed by atoms with Gasteiger partial charge in [0.2, 0.25) is 5.78 Å². The molecule has 1 atom stereocenters. The van der Waals surface area contributed by atoms with Crippen molar-refractivity contribution in [1.29, 1.82) is 0 Å². The number of benzene rings is 4. The lowest BCUT2D eigenvalue weighted by Gasteiger charge is -2.16. The highest BCUT2D eigenvalue weighted by Gasteiger charge is 2.18. The molecule has 6 rings (SSSR count). The summed E-state index contributed by atoms with van der Waals surface area (Å²) in [5, 5.41) is 15.0. The van der Waals surface area contributed by atoms with Crippen LogP contribution in [-0.2, 0) is 6.54 Å². The van der Waals surface area contributed by atoms with Crippen molar-refractivity contribution < 1.29 is 9.18 Å². The van der Waals surface area contributed by atoms with Crippen LogP contribution in [0.2, 0.25) is 0 Å². The van der Waals surface area contributed by atoms with Crippen LogP contribution >= 0.6 is 0 Å². The highest BCUT2D eigenvalue weighted by atomic mass is 19.1. The number of anilines is 1. The summed E-state index contributed by atoms with van der Waals surface area (Å²) < 4.78 is 17.0. The molecule has 2 heterocycles. The number of amides is 2. The molecule has 0 bridgehead atoms. The van der Waals surface area contributed by atoms with Crippen LogP contribution in [0.15, 0.2) is 108 Å². The average molecular weight is 533 g/mol. The molecule has 0 unspecified atom stereocenters. The van der Waals surface area contributed by atoms with Crippen LogP contribution in [0.5, 0.6) is 0 Å². The Bertz CT molecular complexity index is 1900. The summed E-state index contributed by atoms with van der Waals surface area (Å²) in [5.41, 5.74) is 3.50. The van der Waals surface area contributed by atoms with Gasteiger partial charge in [0, 0.05) is 11.3 Å². The summed E-state index contributed by atoms with van der Waals surface area (Å²) in [5.74, 6) is 0.506. The smallest absolute Gasteiger partial charge is 0.319 e. The van der Waals surface area contributed by atoms with E-state index in [0.29, 0.717) is 33.8 Å². The molecule has 40 heavy (non-hydrogen) atoms. The maximum Gasteiger partial charge on any atom is 0.319 e. The van der Waals surface area contributed by atoms with Gasteiger partial charge < -0.3 is 10.6 Å². The molecule has 2 aromatic heterocycles. The van der Waals surface area contributed by atoms with Crippen LogP contribution in [0, 0.1) is 5.82 Å². The van der Waals surface area contributed by atoms with Gasteiger partial charge >= 0.3 is 6.03 Å². The quantitative estimate of drug-likeness (QED) is 0.284. The van der Waals surface area contributed by atoms with E-state index in [1.165, 1.54) is 12.1 Å². The van der Waals surface area contributed by atoms with Crippen molar-refractivity contribution in [3.8, 4) is 11.4 Å². The minimum Gasteiger partial charge on any atom is -0.331 e. The summed E-state index contributed by atoms with van der Waals surface area (Å²) in [4.78, 5) is 26.3. The minimum atomic E-state index is -0.351. The predicted molar refractivity (Wildman–Crippen MR) is 153 cm³/mol. The molecular weight excluding hydrogens is 507 g/mol. The van der Waals surface area contributed by atoms with Crippen molar-refractivity contribution in [1.82, 2.24) is 24.5 Å². The van der Waals surface area contributed by atoms with Gasteiger partial charge in [-0.15, -0.1) is 10.2 Å². The summed E-state index contributed by atoms with van der Waals surface area (Å²) in [6.07, 6.45) is 0. The lowest BCUT2D eigenvalue weighted by Crippen LogP contribution is -2.31. The van der Waals surface area contributed by atoms with Crippen LogP contribution in [-0.4, -0.2) is 25.2 Å². The van der Waals surface area contributed by atoms with Crippen LogP contribution in [0.25, 0.3) is 28.1 Å². The molecule has 4 aromatic carbocycles. The molecule has 2 amide bonds. The zero-order valence-electron chi connectivity index (χ0n) is 21.6. The van der Waals surface area contributed by atoms with Crippen LogP contribution < -0.4 is 16.2 Å². The van der Waals surface area contributed by atoms with Gasteiger partial charge in [0.05, 0.1) is 23.5 Å². The summed E-state index contributed by atoms with van der Waals surface area (Å²) >= 11 is 0. The topological polar surface area (TPSA) is 93.3 Å². The SMILES string of the molecule is C[C@@H](NC(=O)Nc1cccc(Cn2c(=O)c3ccccc3n3c(-c4ccc(F)cc4)nnc23)c1)c1ccccc1. The molecule has 0 aliphatic heterocycles. The van der Waals surface area contributed by atoms with Gasteiger partial charge in [-0.25, -0.2) is 9.18 Å². The van der Waals surface area contributed by atoms with E-state index in [4.69, 9.17) is 0 Å². The van der Waals surface area contributed by atoms with E-state index in [1.807, 2.05) is 72.0 Å². The molecule has 198 valence electrons. The van der Waals surface area contributed by atoms with Gasteiger partial charge in [-0.2, -0.15) is 0 Å². The van der Waals surface area contributed by atoms with E-state index in [-0.39, 0.29) is 30.0 Å². The molecule has 9 heteroatoms. The maximum atomic E-state index is 13.6. The van der Waals surface area contributed by atoms with E-state index in [9.17, 15) is 14.0 Å². The largest absolute Gasteiger partial charge is 0.331 e. The molecule has 0 saturated heterocycles. The third kappa shape index (κ3) is 4.80. The van der Waals surface area contributed by atoms with Crippen molar-refractivity contribution in [3.05, 3.63) is 130 Å². The van der Waals surface area contributed by atoms with E-state index in [1.54, 1.807) is 34.9 Å². The van der Waals surface area contributed by atoms with Crippen molar-refractivity contribution in [2.45, 2.75) is 19.5 Å². The second-order valence-electron chi connectivity index (χ2n) is 9.51. The van der Waals surface area contributed by atoms with Crippen LogP contribution in [0.1, 0.15) is 24.1 Å². The van der Waals surface area contributed by atoms with E-state index < -0.39 is 0 Å². The van der Waals surface area contributed by atoms with Crippen LogP contribution in [0.3, 0.4) is 0 Å². The Morgan fingerprint density at radius 3 is 2.45 bits per heavy atom. The first kappa shape index (κ1) is 25.0. The highest BCUT2D eigenvalue weighted by molar-refractivity contribution is 5.89. The third-order valence-electron chi connectivity index (χ3n) is 6.78. The maximum absolute atomic E-state index is 13.6. The summed E-state index contributed by atoms with van der Waals surface area (Å²) in [6, 6.07) is 29.8. The number of nitrogens with zero attached hydrogens (tertiary/aromatic N) is 4. The standard InChI is InChI=1S/C31H25FN6O2/c1-20(22-9-3-2-4-10-22)33-30(40)34-25-11-7-8-21(18-25)19-37-29(39)26-12-5-6-13-27(26)38-28(35-36-31(37)38)23-14-16-24(32)17-15-23/h2-18,20H,19H2,1H3,(H2,33,34,40)/t20-/m1/s1. The fourth-order valence-electron chi connectivity index (χ4n) is 4.81. The van der Waals surface area contributed by atoms with Crippen molar-refractivity contribution in [3.63, 3.8) is 0 Å². The monoisotopic (exact) mass is 532 g/mol. The average Bonchev–Trinajstić information content (AvgIpc) is 3.41. The number of nitrogens with one attached hydrogen (secondary N) is 2. The first-order chi connectivity index (χ1) is 19.5. The number of rotatable bonds is 6. The van der Waals surface area contributed by atoms with Crippen molar-refractivity contribution >= 4 is 28.4 Å². The molecule has 0 fully saturated rings. The highest BCUT2D eigenvalue weighted by Crippen LogP contribution is 2.23. The number of fused-ring (bicyclic) bond motifs is 3. The Kier molecular flexibility index (Phi) is 6.53. The fraction of sp³-hybridized carbons (Fsp3) is 0.0968. The van der Waals surface area contributed by atoms with Crippen molar-refractivity contribution in [2.75, 3.05) is 5.32 Å². The Balaban J connectivity index is 1.33. The lowest BCUT2D eigenvalue weighted by molar-refractivity contribution is 0.249. The third-order valence-corrected chi connectivity index (χ3v) is 6.78. The molecule has 6 aromatic rings. The number of aromatic nitrogens is 4. The molecule has 2 N–H and O–H groups in total.